The molecule has 2 rings (SSSR count). The normalized spacial score (nSPS) is 21.0. The van der Waals surface area contributed by atoms with Crippen molar-refractivity contribution < 1.29 is 4.79 Å². The fourth-order valence-corrected chi connectivity index (χ4v) is 2.68. The van der Waals surface area contributed by atoms with Crippen LogP contribution in [0.3, 0.4) is 0 Å². The first-order chi connectivity index (χ1) is 9.45. The quantitative estimate of drug-likeness (QED) is 0.800. The SMILES string of the molecule is CN1CCN(C(=O)C(C)(C)CCl)C(c2ccccc2)C1. The van der Waals surface area contributed by atoms with E-state index in [0.717, 1.165) is 19.6 Å². The molecule has 0 bridgehead atoms. The van der Waals surface area contributed by atoms with Crippen molar-refractivity contribution in [1.82, 2.24) is 9.80 Å². The number of piperazine rings is 1. The Kier molecular flexibility index (Phi) is 4.71. The van der Waals surface area contributed by atoms with Gasteiger partial charge in [-0.15, -0.1) is 11.6 Å². The highest BCUT2D eigenvalue weighted by molar-refractivity contribution is 6.19. The van der Waals surface area contributed by atoms with Gasteiger partial charge < -0.3 is 9.80 Å². The van der Waals surface area contributed by atoms with Gasteiger partial charge in [-0.2, -0.15) is 0 Å². The molecule has 1 saturated heterocycles. The molecule has 0 N–H and O–H groups in total. The van der Waals surface area contributed by atoms with Crippen molar-refractivity contribution in [3.63, 3.8) is 0 Å². The lowest BCUT2D eigenvalue weighted by atomic mass is 9.91. The van der Waals surface area contributed by atoms with E-state index in [1.54, 1.807) is 0 Å². The summed E-state index contributed by atoms with van der Waals surface area (Å²) < 4.78 is 0. The molecule has 0 spiro atoms. The summed E-state index contributed by atoms with van der Waals surface area (Å²) in [5.74, 6) is 0.495. The molecule has 1 unspecified atom stereocenters. The van der Waals surface area contributed by atoms with E-state index in [1.165, 1.54) is 5.56 Å². The molecule has 110 valence electrons. The lowest BCUT2D eigenvalue weighted by Gasteiger charge is -2.43. The summed E-state index contributed by atoms with van der Waals surface area (Å²) in [6, 6.07) is 10.4. The molecular weight excluding hydrogens is 272 g/mol. The largest absolute Gasteiger partial charge is 0.333 e. The zero-order valence-corrected chi connectivity index (χ0v) is 13.2. The average molecular weight is 295 g/mol. The molecular formula is C16H23ClN2O. The molecule has 1 aromatic carbocycles. The van der Waals surface area contributed by atoms with Crippen LogP contribution in [-0.2, 0) is 4.79 Å². The van der Waals surface area contributed by atoms with Gasteiger partial charge in [-0.25, -0.2) is 0 Å². The number of alkyl halides is 1. The number of nitrogens with zero attached hydrogens (tertiary/aromatic N) is 2. The van der Waals surface area contributed by atoms with Gasteiger partial charge >= 0.3 is 0 Å². The van der Waals surface area contributed by atoms with E-state index in [-0.39, 0.29) is 11.9 Å². The summed E-state index contributed by atoms with van der Waals surface area (Å²) in [4.78, 5) is 17.0. The smallest absolute Gasteiger partial charge is 0.230 e. The average Bonchev–Trinajstić information content (AvgIpc) is 2.47. The summed E-state index contributed by atoms with van der Waals surface area (Å²) >= 11 is 5.97. The van der Waals surface area contributed by atoms with E-state index in [2.05, 4.69) is 24.1 Å². The second-order valence-electron chi connectivity index (χ2n) is 6.20. The number of rotatable bonds is 3. The molecule has 3 nitrogen and oxygen atoms in total. The van der Waals surface area contributed by atoms with Crippen molar-refractivity contribution in [2.45, 2.75) is 19.9 Å². The van der Waals surface area contributed by atoms with E-state index in [9.17, 15) is 4.79 Å². The van der Waals surface area contributed by atoms with Crippen LogP contribution in [0.1, 0.15) is 25.5 Å². The van der Waals surface area contributed by atoms with E-state index >= 15 is 0 Å². The Balaban J connectivity index is 2.28. The summed E-state index contributed by atoms with van der Waals surface area (Å²) in [6.45, 7) is 6.38. The first-order valence-corrected chi connectivity index (χ1v) is 7.59. The Bertz CT molecular complexity index is 461. The van der Waals surface area contributed by atoms with Gasteiger partial charge in [0.15, 0.2) is 0 Å². The predicted molar refractivity (Wildman–Crippen MR) is 82.9 cm³/mol. The van der Waals surface area contributed by atoms with E-state index in [4.69, 9.17) is 11.6 Å². The Morgan fingerprint density at radius 2 is 1.95 bits per heavy atom. The maximum atomic E-state index is 12.8. The Morgan fingerprint density at radius 1 is 1.30 bits per heavy atom. The highest BCUT2D eigenvalue weighted by atomic mass is 35.5. The molecule has 1 atom stereocenters. The topological polar surface area (TPSA) is 23.6 Å². The van der Waals surface area contributed by atoms with Gasteiger partial charge in [0.05, 0.1) is 11.5 Å². The fraction of sp³-hybridized carbons (Fsp3) is 0.562. The standard InChI is InChI=1S/C16H23ClN2O/c1-16(2,12-17)15(20)19-10-9-18(3)11-14(19)13-7-5-4-6-8-13/h4-8,14H,9-12H2,1-3H3. The molecule has 1 aliphatic rings. The molecule has 0 saturated carbocycles. The number of likely N-dealkylation sites (N-methyl/N-ethyl adjacent to an activating group) is 1. The molecule has 0 aromatic heterocycles. The zero-order chi connectivity index (χ0) is 14.8. The minimum absolute atomic E-state index is 0.116. The van der Waals surface area contributed by atoms with Crippen LogP contribution in [0.15, 0.2) is 30.3 Å². The van der Waals surface area contributed by atoms with Crippen LogP contribution in [0.25, 0.3) is 0 Å². The summed E-state index contributed by atoms with van der Waals surface area (Å²) in [6.07, 6.45) is 0. The Hall–Kier alpha value is -1.06. The van der Waals surface area contributed by atoms with E-state index in [0.29, 0.717) is 5.88 Å². The number of carbonyl (C=O) groups is 1. The van der Waals surface area contributed by atoms with Gasteiger partial charge in [0.25, 0.3) is 0 Å². The number of hydrogen-bond donors (Lipinski definition) is 0. The molecule has 1 aromatic rings. The van der Waals surface area contributed by atoms with Gasteiger partial charge in [0.2, 0.25) is 5.91 Å². The van der Waals surface area contributed by atoms with Crippen molar-refractivity contribution in [3.8, 4) is 0 Å². The molecule has 1 fully saturated rings. The summed E-state index contributed by atoms with van der Waals surface area (Å²) in [5.41, 5.74) is 0.683. The zero-order valence-electron chi connectivity index (χ0n) is 12.5. The number of halogens is 1. The second-order valence-corrected chi connectivity index (χ2v) is 6.47. The molecule has 1 heterocycles. The van der Waals surface area contributed by atoms with Gasteiger partial charge in [-0.05, 0) is 26.5 Å². The van der Waals surface area contributed by atoms with Crippen LogP contribution in [-0.4, -0.2) is 48.3 Å². The molecule has 1 amide bonds. The minimum Gasteiger partial charge on any atom is -0.333 e. The van der Waals surface area contributed by atoms with Gasteiger partial charge in [-0.1, -0.05) is 30.3 Å². The Morgan fingerprint density at radius 3 is 2.55 bits per heavy atom. The Labute approximate surface area is 126 Å². The summed E-state index contributed by atoms with van der Waals surface area (Å²) in [5, 5.41) is 0. The van der Waals surface area contributed by atoms with Crippen LogP contribution >= 0.6 is 11.6 Å². The maximum absolute atomic E-state index is 12.8. The number of amides is 1. The van der Waals surface area contributed by atoms with Gasteiger partial charge in [0.1, 0.15) is 0 Å². The van der Waals surface area contributed by atoms with Crippen molar-refractivity contribution in [3.05, 3.63) is 35.9 Å². The first-order valence-electron chi connectivity index (χ1n) is 7.06. The molecule has 0 aliphatic carbocycles. The van der Waals surface area contributed by atoms with Crippen LogP contribution < -0.4 is 0 Å². The molecule has 1 aliphatic heterocycles. The fourth-order valence-electron chi connectivity index (χ4n) is 2.57. The maximum Gasteiger partial charge on any atom is 0.230 e. The third-order valence-electron chi connectivity index (χ3n) is 3.94. The monoisotopic (exact) mass is 294 g/mol. The number of hydrogen-bond acceptors (Lipinski definition) is 2. The second kappa shape index (κ2) is 6.15. The number of carbonyl (C=O) groups excluding carboxylic acids is 1. The highest BCUT2D eigenvalue weighted by Crippen LogP contribution is 2.30. The van der Waals surface area contributed by atoms with Crippen LogP contribution in [0.2, 0.25) is 0 Å². The summed E-state index contributed by atoms with van der Waals surface area (Å²) in [7, 11) is 2.10. The van der Waals surface area contributed by atoms with Crippen molar-refractivity contribution in [1.29, 1.82) is 0 Å². The number of benzene rings is 1. The van der Waals surface area contributed by atoms with Gasteiger partial charge in [-0.3, -0.25) is 4.79 Å². The van der Waals surface area contributed by atoms with Crippen LogP contribution in [0.4, 0.5) is 0 Å². The highest BCUT2D eigenvalue weighted by Gasteiger charge is 2.37. The molecule has 4 heteroatoms. The van der Waals surface area contributed by atoms with E-state index < -0.39 is 5.41 Å². The first kappa shape index (κ1) is 15.3. The lowest BCUT2D eigenvalue weighted by Crippen LogP contribution is -2.53. The molecule has 0 radical (unpaired) electrons. The third kappa shape index (κ3) is 3.15. The third-order valence-corrected chi connectivity index (χ3v) is 4.61. The predicted octanol–water partition coefficient (Wildman–Crippen LogP) is 2.77. The minimum atomic E-state index is -0.509. The molecule has 20 heavy (non-hydrogen) atoms. The van der Waals surface area contributed by atoms with E-state index in [1.807, 2.05) is 36.9 Å². The van der Waals surface area contributed by atoms with Crippen LogP contribution in [0, 0.1) is 5.41 Å². The van der Waals surface area contributed by atoms with Crippen LogP contribution in [0.5, 0.6) is 0 Å². The van der Waals surface area contributed by atoms with Crippen molar-refractivity contribution >= 4 is 17.5 Å². The van der Waals surface area contributed by atoms with Crippen molar-refractivity contribution in [2.24, 2.45) is 5.41 Å². The van der Waals surface area contributed by atoms with Gasteiger partial charge in [0, 0.05) is 25.5 Å². The van der Waals surface area contributed by atoms with Crippen molar-refractivity contribution in [2.75, 3.05) is 32.6 Å². The lowest BCUT2D eigenvalue weighted by molar-refractivity contribution is -0.144.